The van der Waals surface area contributed by atoms with Gasteiger partial charge in [-0.05, 0) is 37.3 Å². The quantitative estimate of drug-likeness (QED) is 0.364. The Kier molecular flexibility index (Phi) is 5.24. The average Bonchev–Trinajstić information content (AvgIpc) is 3.47. The number of para-hydroxylation sites is 1. The number of anilines is 1. The van der Waals surface area contributed by atoms with Gasteiger partial charge < -0.3 is 5.73 Å². The Hall–Kier alpha value is -4.22. The first kappa shape index (κ1) is 20.7. The van der Waals surface area contributed by atoms with Crippen LogP contribution in [0, 0.1) is 18.3 Å². The van der Waals surface area contributed by atoms with E-state index in [0.717, 1.165) is 32.8 Å². The Morgan fingerprint density at radius 1 is 1.06 bits per heavy atom. The van der Waals surface area contributed by atoms with Crippen LogP contribution < -0.4 is 5.73 Å². The topological polar surface area (TPSA) is 98.3 Å². The summed E-state index contributed by atoms with van der Waals surface area (Å²) in [6.07, 6.45) is 5.28. The molecule has 0 radical (unpaired) electrons. The minimum Gasteiger partial charge on any atom is -0.383 e. The standard InChI is InChI=1S/C25H18BrN7/c1-16-23(25(32-12-11-29-15-32)33(31-16)19-5-3-2-4-6-19)20-13-22(30-24(28)21(20)14-27)17-7-9-18(26)10-8-17/h2-13,15H,1H3,(H2,28,30). The number of halogens is 1. The second kappa shape index (κ2) is 8.37. The van der Waals surface area contributed by atoms with E-state index in [9.17, 15) is 5.26 Å². The van der Waals surface area contributed by atoms with Crippen molar-refractivity contribution in [1.82, 2.24) is 24.3 Å². The van der Waals surface area contributed by atoms with Crippen molar-refractivity contribution in [2.75, 3.05) is 5.73 Å². The number of hydrogen-bond acceptors (Lipinski definition) is 5. The zero-order valence-corrected chi connectivity index (χ0v) is 19.2. The molecule has 0 saturated heterocycles. The lowest BCUT2D eigenvalue weighted by Crippen LogP contribution is -2.06. The third-order valence-electron chi connectivity index (χ3n) is 5.35. The fraction of sp³-hybridized carbons (Fsp3) is 0.0400. The van der Waals surface area contributed by atoms with E-state index in [0.29, 0.717) is 16.8 Å². The van der Waals surface area contributed by atoms with Crippen LogP contribution in [0.5, 0.6) is 0 Å². The van der Waals surface area contributed by atoms with Gasteiger partial charge in [0.25, 0.3) is 0 Å². The number of aromatic nitrogens is 5. The van der Waals surface area contributed by atoms with Crippen LogP contribution >= 0.6 is 15.9 Å². The predicted octanol–water partition coefficient (Wildman–Crippen LogP) is 5.31. The second-order valence-corrected chi connectivity index (χ2v) is 8.35. The van der Waals surface area contributed by atoms with E-state index in [1.807, 2.05) is 83.0 Å². The highest BCUT2D eigenvalue weighted by Crippen LogP contribution is 2.37. The number of nitrogens with zero attached hydrogens (tertiary/aromatic N) is 6. The molecule has 0 fully saturated rings. The second-order valence-electron chi connectivity index (χ2n) is 7.44. The molecular formula is C25H18BrN7. The van der Waals surface area contributed by atoms with Gasteiger partial charge in [-0.2, -0.15) is 10.4 Å². The van der Waals surface area contributed by atoms with Gasteiger partial charge in [0.15, 0.2) is 0 Å². The minimum atomic E-state index is 0.177. The molecule has 0 bridgehead atoms. The van der Waals surface area contributed by atoms with Gasteiger partial charge in [-0.3, -0.25) is 4.57 Å². The lowest BCUT2D eigenvalue weighted by Gasteiger charge is -2.14. The number of imidazole rings is 1. The molecule has 3 aromatic heterocycles. The number of benzene rings is 2. The molecule has 0 spiro atoms. The summed E-state index contributed by atoms with van der Waals surface area (Å²) in [6, 6.07) is 21.8. The summed E-state index contributed by atoms with van der Waals surface area (Å²) in [6.45, 7) is 1.92. The van der Waals surface area contributed by atoms with Gasteiger partial charge in [-0.25, -0.2) is 14.6 Å². The molecule has 0 saturated carbocycles. The SMILES string of the molecule is Cc1nn(-c2ccccc2)c(-n2ccnc2)c1-c1cc(-c2ccc(Br)cc2)nc(N)c1C#N. The molecule has 0 aliphatic heterocycles. The molecule has 0 aliphatic carbocycles. The van der Waals surface area contributed by atoms with E-state index in [4.69, 9.17) is 10.8 Å². The molecule has 2 aromatic carbocycles. The van der Waals surface area contributed by atoms with Gasteiger partial charge in [-0.15, -0.1) is 0 Å². The van der Waals surface area contributed by atoms with Crippen molar-refractivity contribution in [3.8, 4) is 40.0 Å². The lowest BCUT2D eigenvalue weighted by atomic mass is 9.98. The van der Waals surface area contributed by atoms with Crippen molar-refractivity contribution in [2.24, 2.45) is 0 Å². The number of nitrogen functional groups attached to an aromatic ring is 1. The molecule has 0 amide bonds. The van der Waals surface area contributed by atoms with Gasteiger partial charge in [0.1, 0.15) is 29.6 Å². The molecule has 5 aromatic rings. The summed E-state index contributed by atoms with van der Waals surface area (Å²) >= 11 is 3.46. The smallest absolute Gasteiger partial charge is 0.149 e. The van der Waals surface area contributed by atoms with Gasteiger partial charge >= 0.3 is 0 Å². The highest BCUT2D eigenvalue weighted by atomic mass is 79.9. The molecular weight excluding hydrogens is 478 g/mol. The number of rotatable bonds is 4. The fourth-order valence-electron chi connectivity index (χ4n) is 3.85. The molecule has 8 heteroatoms. The third kappa shape index (κ3) is 3.69. The normalized spacial score (nSPS) is 10.8. The summed E-state index contributed by atoms with van der Waals surface area (Å²) in [7, 11) is 0. The molecule has 0 atom stereocenters. The zero-order chi connectivity index (χ0) is 22.9. The first-order valence-electron chi connectivity index (χ1n) is 10.2. The summed E-state index contributed by atoms with van der Waals surface area (Å²) in [4.78, 5) is 8.74. The van der Waals surface area contributed by atoms with Gasteiger partial charge in [0, 0.05) is 33.6 Å². The number of nitrogens with two attached hydrogens (primary N) is 1. The van der Waals surface area contributed by atoms with Crippen LogP contribution in [0.2, 0.25) is 0 Å². The van der Waals surface area contributed by atoms with Crippen LogP contribution in [0.25, 0.3) is 33.9 Å². The van der Waals surface area contributed by atoms with E-state index in [-0.39, 0.29) is 5.82 Å². The predicted molar refractivity (Wildman–Crippen MR) is 131 cm³/mol. The van der Waals surface area contributed by atoms with Gasteiger partial charge in [0.2, 0.25) is 0 Å². The highest BCUT2D eigenvalue weighted by molar-refractivity contribution is 9.10. The van der Waals surface area contributed by atoms with Gasteiger partial charge in [-0.1, -0.05) is 46.3 Å². The Bertz CT molecular complexity index is 1480. The van der Waals surface area contributed by atoms with Gasteiger partial charge in [0.05, 0.1) is 17.1 Å². The summed E-state index contributed by atoms with van der Waals surface area (Å²) < 4.78 is 4.71. The summed E-state index contributed by atoms with van der Waals surface area (Å²) in [5.74, 6) is 0.941. The molecule has 0 aliphatic rings. The van der Waals surface area contributed by atoms with Crippen molar-refractivity contribution < 1.29 is 0 Å². The van der Waals surface area contributed by atoms with Crippen molar-refractivity contribution in [3.63, 3.8) is 0 Å². The summed E-state index contributed by atoms with van der Waals surface area (Å²) in [5, 5.41) is 14.8. The Morgan fingerprint density at radius 2 is 1.82 bits per heavy atom. The first-order chi connectivity index (χ1) is 16.1. The number of nitriles is 1. The van der Waals surface area contributed by atoms with Crippen LogP contribution in [0.3, 0.4) is 0 Å². The maximum atomic E-state index is 9.97. The molecule has 3 heterocycles. The van der Waals surface area contributed by atoms with E-state index < -0.39 is 0 Å². The van der Waals surface area contributed by atoms with E-state index >= 15 is 0 Å². The van der Waals surface area contributed by atoms with Crippen molar-refractivity contribution in [2.45, 2.75) is 6.92 Å². The Labute approximate surface area is 198 Å². The maximum Gasteiger partial charge on any atom is 0.149 e. The summed E-state index contributed by atoms with van der Waals surface area (Å²) in [5.41, 5.74) is 11.3. The van der Waals surface area contributed by atoms with Crippen molar-refractivity contribution in [1.29, 1.82) is 5.26 Å². The van der Waals surface area contributed by atoms with Crippen LogP contribution in [0.15, 0.2) is 83.9 Å². The van der Waals surface area contributed by atoms with Crippen molar-refractivity contribution in [3.05, 3.63) is 95.1 Å². The number of hydrogen-bond donors (Lipinski definition) is 1. The largest absolute Gasteiger partial charge is 0.383 e. The van der Waals surface area contributed by atoms with E-state index in [1.54, 1.807) is 12.5 Å². The minimum absolute atomic E-state index is 0.177. The van der Waals surface area contributed by atoms with Crippen molar-refractivity contribution >= 4 is 21.7 Å². The van der Waals surface area contributed by atoms with E-state index in [2.05, 4.69) is 32.0 Å². The number of aryl methyl sites for hydroxylation is 1. The molecule has 0 unspecified atom stereocenters. The van der Waals surface area contributed by atoms with E-state index in [1.165, 1.54) is 0 Å². The van der Waals surface area contributed by atoms with Crippen LogP contribution in [0.4, 0.5) is 5.82 Å². The lowest BCUT2D eigenvalue weighted by molar-refractivity contribution is 0.812. The van der Waals surface area contributed by atoms with Crippen LogP contribution in [-0.4, -0.2) is 24.3 Å². The molecule has 2 N–H and O–H groups in total. The molecule has 33 heavy (non-hydrogen) atoms. The highest BCUT2D eigenvalue weighted by Gasteiger charge is 2.24. The number of pyridine rings is 1. The molecule has 160 valence electrons. The zero-order valence-electron chi connectivity index (χ0n) is 17.6. The molecule has 7 nitrogen and oxygen atoms in total. The van der Waals surface area contributed by atoms with Crippen LogP contribution in [-0.2, 0) is 0 Å². The Morgan fingerprint density at radius 3 is 2.48 bits per heavy atom. The Balaban J connectivity index is 1.82. The average molecular weight is 496 g/mol. The third-order valence-corrected chi connectivity index (χ3v) is 5.88. The van der Waals surface area contributed by atoms with Crippen LogP contribution in [0.1, 0.15) is 11.3 Å². The monoisotopic (exact) mass is 495 g/mol. The molecule has 5 rings (SSSR count). The maximum absolute atomic E-state index is 9.97. The fourth-order valence-corrected chi connectivity index (χ4v) is 4.11. The first-order valence-corrected chi connectivity index (χ1v) is 11.0.